The van der Waals surface area contributed by atoms with Gasteiger partial charge in [0, 0.05) is 19.1 Å². The van der Waals surface area contributed by atoms with Crippen LogP contribution in [0.5, 0.6) is 0 Å². The smallest absolute Gasteiger partial charge is 0.0230 e. The normalized spacial score (nSPS) is 15.3. The van der Waals surface area contributed by atoms with Crippen LogP contribution in [0, 0.1) is 0 Å². The van der Waals surface area contributed by atoms with Crippen molar-refractivity contribution in [2.45, 2.75) is 51.7 Å². The SMILES string of the molecule is CCCCN(C)Cc1ccc(CNC2CC2)cc1. The van der Waals surface area contributed by atoms with Gasteiger partial charge in [-0.1, -0.05) is 37.6 Å². The quantitative estimate of drug-likeness (QED) is 0.758. The molecule has 0 heterocycles. The molecule has 0 atom stereocenters. The molecule has 1 saturated carbocycles. The monoisotopic (exact) mass is 246 g/mol. The molecule has 18 heavy (non-hydrogen) atoms. The second kappa shape index (κ2) is 6.91. The Kier molecular flexibility index (Phi) is 5.21. The van der Waals surface area contributed by atoms with Crippen molar-refractivity contribution in [3.8, 4) is 0 Å². The van der Waals surface area contributed by atoms with E-state index in [1.165, 1.54) is 43.4 Å². The first-order chi connectivity index (χ1) is 8.78. The summed E-state index contributed by atoms with van der Waals surface area (Å²) in [6.07, 6.45) is 5.29. The lowest BCUT2D eigenvalue weighted by atomic mass is 10.1. The molecule has 0 radical (unpaired) electrons. The topological polar surface area (TPSA) is 15.3 Å². The summed E-state index contributed by atoms with van der Waals surface area (Å²) in [4.78, 5) is 2.40. The van der Waals surface area contributed by atoms with Crippen molar-refractivity contribution in [3.63, 3.8) is 0 Å². The highest BCUT2D eigenvalue weighted by Gasteiger charge is 2.19. The van der Waals surface area contributed by atoms with Gasteiger partial charge in [-0.2, -0.15) is 0 Å². The maximum absolute atomic E-state index is 3.55. The van der Waals surface area contributed by atoms with Gasteiger partial charge in [0.1, 0.15) is 0 Å². The Balaban J connectivity index is 1.75. The lowest BCUT2D eigenvalue weighted by Crippen LogP contribution is -2.19. The highest BCUT2D eigenvalue weighted by Crippen LogP contribution is 2.19. The van der Waals surface area contributed by atoms with E-state index in [2.05, 4.69) is 48.5 Å². The molecule has 0 spiro atoms. The third kappa shape index (κ3) is 4.79. The molecule has 2 nitrogen and oxygen atoms in total. The fourth-order valence-electron chi connectivity index (χ4n) is 2.13. The van der Waals surface area contributed by atoms with Gasteiger partial charge in [-0.3, -0.25) is 0 Å². The number of nitrogens with zero attached hydrogens (tertiary/aromatic N) is 1. The summed E-state index contributed by atoms with van der Waals surface area (Å²) in [6.45, 7) is 5.53. The van der Waals surface area contributed by atoms with Gasteiger partial charge in [0.15, 0.2) is 0 Å². The number of nitrogens with one attached hydrogen (secondary N) is 1. The molecule has 0 saturated heterocycles. The van der Waals surface area contributed by atoms with Crippen LogP contribution in [0.4, 0.5) is 0 Å². The predicted molar refractivity (Wildman–Crippen MR) is 77.5 cm³/mol. The average Bonchev–Trinajstić information content (AvgIpc) is 3.20. The maximum atomic E-state index is 3.55. The zero-order chi connectivity index (χ0) is 12.8. The van der Waals surface area contributed by atoms with Crippen LogP contribution in [-0.4, -0.2) is 24.5 Å². The number of hydrogen-bond donors (Lipinski definition) is 1. The lowest BCUT2D eigenvalue weighted by Gasteiger charge is -2.16. The maximum Gasteiger partial charge on any atom is 0.0230 e. The van der Waals surface area contributed by atoms with E-state index in [0.29, 0.717) is 0 Å². The highest BCUT2D eigenvalue weighted by atomic mass is 15.1. The van der Waals surface area contributed by atoms with Crippen LogP contribution < -0.4 is 5.32 Å². The Bertz CT molecular complexity index is 341. The number of rotatable bonds is 8. The van der Waals surface area contributed by atoms with Gasteiger partial charge in [-0.25, -0.2) is 0 Å². The van der Waals surface area contributed by atoms with Crippen molar-refractivity contribution >= 4 is 0 Å². The van der Waals surface area contributed by atoms with Gasteiger partial charge >= 0.3 is 0 Å². The minimum absolute atomic E-state index is 0.796. The minimum atomic E-state index is 0.796. The Hall–Kier alpha value is -0.860. The molecule has 1 aromatic carbocycles. The molecule has 1 aliphatic rings. The van der Waals surface area contributed by atoms with Crippen LogP contribution in [0.1, 0.15) is 43.7 Å². The minimum Gasteiger partial charge on any atom is -0.310 e. The van der Waals surface area contributed by atoms with Gasteiger partial charge in [0.2, 0.25) is 0 Å². The Morgan fingerprint density at radius 2 is 1.83 bits per heavy atom. The van der Waals surface area contributed by atoms with Crippen molar-refractivity contribution in [1.82, 2.24) is 10.2 Å². The zero-order valence-electron chi connectivity index (χ0n) is 11.8. The van der Waals surface area contributed by atoms with Crippen molar-refractivity contribution in [3.05, 3.63) is 35.4 Å². The molecule has 0 aliphatic heterocycles. The van der Waals surface area contributed by atoms with Crippen molar-refractivity contribution < 1.29 is 0 Å². The predicted octanol–water partition coefficient (Wildman–Crippen LogP) is 3.17. The lowest BCUT2D eigenvalue weighted by molar-refractivity contribution is 0.321. The molecule has 0 bridgehead atoms. The summed E-state index contributed by atoms with van der Waals surface area (Å²) in [7, 11) is 2.21. The first kappa shape index (κ1) is 13.6. The fourth-order valence-corrected chi connectivity index (χ4v) is 2.13. The van der Waals surface area contributed by atoms with E-state index < -0.39 is 0 Å². The van der Waals surface area contributed by atoms with E-state index in [9.17, 15) is 0 Å². The standard InChI is InChI=1S/C16H26N2/c1-3-4-11-18(2)13-15-7-5-14(6-8-15)12-17-16-9-10-16/h5-8,16-17H,3-4,9-13H2,1-2H3. The molecule has 0 amide bonds. The molecule has 0 aromatic heterocycles. The molecule has 1 fully saturated rings. The number of unbranched alkanes of at least 4 members (excludes halogenated alkanes) is 1. The summed E-state index contributed by atoms with van der Waals surface area (Å²) >= 11 is 0. The summed E-state index contributed by atoms with van der Waals surface area (Å²) in [6, 6.07) is 9.86. The molecule has 2 heteroatoms. The first-order valence-corrected chi connectivity index (χ1v) is 7.27. The third-order valence-corrected chi connectivity index (χ3v) is 3.54. The molecule has 0 unspecified atom stereocenters. The van der Waals surface area contributed by atoms with E-state index in [-0.39, 0.29) is 0 Å². The molecule has 1 aromatic rings. The van der Waals surface area contributed by atoms with Crippen LogP contribution in [0.25, 0.3) is 0 Å². The van der Waals surface area contributed by atoms with E-state index >= 15 is 0 Å². The van der Waals surface area contributed by atoms with Crippen molar-refractivity contribution in [2.75, 3.05) is 13.6 Å². The van der Waals surface area contributed by atoms with E-state index in [4.69, 9.17) is 0 Å². The molecule has 1 aliphatic carbocycles. The second-order valence-electron chi connectivity index (χ2n) is 5.56. The molecule has 2 rings (SSSR count). The highest BCUT2D eigenvalue weighted by molar-refractivity contribution is 5.22. The average molecular weight is 246 g/mol. The molecule has 1 N–H and O–H groups in total. The summed E-state index contributed by atoms with van der Waals surface area (Å²) in [5, 5.41) is 3.55. The third-order valence-electron chi connectivity index (χ3n) is 3.54. The first-order valence-electron chi connectivity index (χ1n) is 7.27. The van der Waals surface area contributed by atoms with Crippen molar-refractivity contribution in [1.29, 1.82) is 0 Å². The van der Waals surface area contributed by atoms with Gasteiger partial charge in [-0.05, 0) is 44.0 Å². The van der Waals surface area contributed by atoms with Crippen LogP contribution >= 0.6 is 0 Å². The molecule has 100 valence electrons. The summed E-state index contributed by atoms with van der Waals surface area (Å²) < 4.78 is 0. The second-order valence-corrected chi connectivity index (χ2v) is 5.56. The Morgan fingerprint density at radius 1 is 1.17 bits per heavy atom. The van der Waals surface area contributed by atoms with Crippen molar-refractivity contribution in [2.24, 2.45) is 0 Å². The summed E-state index contributed by atoms with van der Waals surface area (Å²) in [5.74, 6) is 0. The van der Waals surface area contributed by atoms with E-state index in [1.54, 1.807) is 0 Å². The fraction of sp³-hybridized carbons (Fsp3) is 0.625. The molecular weight excluding hydrogens is 220 g/mol. The number of benzene rings is 1. The van der Waals surface area contributed by atoms with Gasteiger partial charge < -0.3 is 10.2 Å². The molecular formula is C16H26N2. The summed E-state index contributed by atoms with van der Waals surface area (Å²) in [5.41, 5.74) is 2.82. The Morgan fingerprint density at radius 3 is 2.44 bits per heavy atom. The van der Waals surface area contributed by atoms with Gasteiger partial charge in [0.05, 0.1) is 0 Å². The van der Waals surface area contributed by atoms with Crippen LogP contribution in [0.2, 0.25) is 0 Å². The van der Waals surface area contributed by atoms with Crippen LogP contribution in [-0.2, 0) is 13.1 Å². The van der Waals surface area contributed by atoms with E-state index in [0.717, 1.165) is 19.1 Å². The number of hydrogen-bond acceptors (Lipinski definition) is 2. The van der Waals surface area contributed by atoms with E-state index in [1.807, 2.05) is 0 Å². The Labute approximate surface area is 111 Å². The van der Waals surface area contributed by atoms with Crippen LogP contribution in [0.3, 0.4) is 0 Å². The van der Waals surface area contributed by atoms with Crippen LogP contribution in [0.15, 0.2) is 24.3 Å². The zero-order valence-corrected chi connectivity index (χ0v) is 11.8. The van der Waals surface area contributed by atoms with Gasteiger partial charge in [0.25, 0.3) is 0 Å². The largest absolute Gasteiger partial charge is 0.310 e. The van der Waals surface area contributed by atoms with Gasteiger partial charge in [-0.15, -0.1) is 0 Å².